The van der Waals surface area contributed by atoms with E-state index in [4.69, 9.17) is 5.73 Å². The van der Waals surface area contributed by atoms with Crippen LogP contribution in [0.15, 0.2) is 12.1 Å². The van der Waals surface area contributed by atoms with Crippen LogP contribution >= 0.6 is 0 Å². The number of hydrogen-bond donors (Lipinski definition) is 1. The van der Waals surface area contributed by atoms with E-state index in [-0.39, 0.29) is 5.56 Å². The highest BCUT2D eigenvalue weighted by Gasteiger charge is 2.18. The summed E-state index contributed by atoms with van der Waals surface area (Å²) in [5.41, 5.74) is 5.78. The highest BCUT2D eigenvalue weighted by atomic mass is 19.2. The molecule has 0 bridgehead atoms. The van der Waals surface area contributed by atoms with Gasteiger partial charge in [-0.3, -0.25) is 0 Å². The fraction of sp³-hybridized carbons (Fsp3) is 0.500. The third-order valence-electron chi connectivity index (χ3n) is 2.52. The SMILES string of the molecule is CC(C)CCC(N)c1ccc(F)c(F)c1F. The highest BCUT2D eigenvalue weighted by molar-refractivity contribution is 5.23. The van der Waals surface area contributed by atoms with E-state index in [1.165, 1.54) is 6.07 Å². The first-order chi connectivity index (χ1) is 7.43. The van der Waals surface area contributed by atoms with Crippen molar-refractivity contribution in [1.29, 1.82) is 0 Å². The Labute approximate surface area is 93.5 Å². The molecule has 90 valence electrons. The van der Waals surface area contributed by atoms with Crippen LogP contribution in [0.3, 0.4) is 0 Å². The Morgan fingerprint density at radius 3 is 2.25 bits per heavy atom. The van der Waals surface area contributed by atoms with Crippen LogP contribution in [0.2, 0.25) is 0 Å². The summed E-state index contributed by atoms with van der Waals surface area (Å²) in [6, 6.07) is 1.53. The zero-order chi connectivity index (χ0) is 12.3. The van der Waals surface area contributed by atoms with Crippen LogP contribution in [0.1, 0.15) is 38.3 Å². The van der Waals surface area contributed by atoms with E-state index >= 15 is 0 Å². The summed E-state index contributed by atoms with van der Waals surface area (Å²) in [5, 5.41) is 0. The summed E-state index contributed by atoms with van der Waals surface area (Å²) in [6.07, 6.45) is 1.37. The number of halogens is 3. The average molecular weight is 231 g/mol. The zero-order valence-electron chi connectivity index (χ0n) is 9.43. The van der Waals surface area contributed by atoms with Crippen LogP contribution in [0.25, 0.3) is 0 Å². The van der Waals surface area contributed by atoms with E-state index in [0.29, 0.717) is 12.3 Å². The van der Waals surface area contributed by atoms with E-state index in [0.717, 1.165) is 12.5 Å². The molecule has 1 aromatic rings. The van der Waals surface area contributed by atoms with Crippen LogP contribution in [-0.4, -0.2) is 0 Å². The lowest BCUT2D eigenvalue weighted by atomic mass is 9.98. The largest absolute Gasteiger partial charge is 0.324 e. The molecule has 0 saturated heterocycles. The van der Waals surface area contributed by atoms with Gasteiger partial charge >= 0.3 is 0 Å². The average Bonchev–Trinajstić information content (AvgIpc) is 2.23. The van der Waals surface area contributed by atoms with Crippen molar-refractivity contribution in [3.63, 3.8) is 0 Å². The number of benzene rings is 1. The normalized spacial score (nSPS) is 13.2. The fourth-order valence-electron chi connectivity index (χ4n) is 1.50. The predicted octanol–water partition coefficient (Wildman–Crippen LogP) is 3.54. The second-order valence-corrected chi connectivity index (χ2v) is 4.34. The van der Waals surface area contributed by atoms with Crippen molar-refractivity contribution < 1.29 is 13.2 Å². The summed E-state index contributed by atoms with van der Waals surface area (Å²) in [5.74, 6) is -3.36. The van der Waals surface area contributed by atoms with Gasteiger partial charge in [0, 0.05) is 11.6 Å². The lowest BCUT2D eigenvalue weighted by molar-refractivity contribution is 0.427. The monoisotopic (exact) mass is 231 g/mol. The number of rotatable bonds is 4. The Hall–Kier alpha value is -1.03. The van der Waals surface area contributed by atoms with Crippen molar-refractivity contribution in [3.05, 3.63) is 35.1 Å². The van der Waals surface area contributed by atoms with Crippen molar-refractivity contribution in [2.45, 2.75) is 32.7 Å². The summed E-state index contributed by atoms with van der Waals surface area (Å²) in [4.78, 5) is 0. The van der Waals surface area contributed by atoms with Crippen LogP contribution in [0.5, 0.6) is 0 Å². The molecule has 1 nitrogen and oxygen atoms in total. The van der Waals surface area contributed by atoms with E-state index in [2.05, 4.69) is 0 Å². The quantitative estimate of drug-likeness (QED) is 0.788. The van der Waals surface area contributed by atoms with Gasteiger partial charge in [0.15, 0.2) is 17.5 Å². The van der Waals surface area contributed by atoms with Gasteiger partial charge < -0.3 is 5.73 Å². The predicted molar refractivity (Wildman–Crippen MR) is 57.3 cm³/mol. The van der Waals surface area contributed by atoms with Gasteiger partial charge in [-0.25, -0.2) is 13.2 Å². The van der Waals surface area contributed by atoms with Crippen molar-refractivity contribution in [1.82, 2.24) is 0 Å². The molecule has 0 heterocycles. The molecule has 0 aliphatic heterocycles. The van der Waals surface area contributed by atoms with Gasteiger partial charge in [-0.05, 0) is 24.8 Å². The van der Waals surface area contributed by atoms with Crippen molar-refractivity contribution in [3.8, 4) is 0 Å². The molecule has 1 atom stereocenters. The maximum absolute atomic E-state index is 13.3. The molecule has 0 spiro atoms. The molecule has 1 aromatic carbocycles. The summed E-state index contributed by atoms with van der Waals surface area (Å²) >= 11 is 0. The van der Waals surface area contributed by atoms with Crippen LogP contribution in [0.4, 0.5) is 13.2 Å². The summed E-state index contributed by atoms with van der Waals surface area (Å²) in [7, 11) is 0. The van der Waals surface area contributed by atoms with E-state index < -0.39 is 23.5 Å². The van der Waals surface area contributed by atoms with E-state index in [1.54, 1.807) is 0 Å². The smallest absolute Gasteiger partial charge is 0.194 e. The molecule has 0 aliphatic carbocycles. The summed E-state index contributed by atoms with van der Waals surface area (Å²) in [6.45, 7) is 4.04. The van der Waals surface area contributed by atoms with Gasteiger partial charge in [-0.1, -0.05) is 19.9 Å². The molecule has 1 unspecified atom stereocenters. The second-order valence-electron chi connectivity index (χ2n) is 4.34. The standard InChI is InChI=1S/C12H16F3N/c1-7(2)3-6-10(16)8-4-5-9(13)12(15)11(8)14/h4-5,7,10H,3,6,16H2,1-2H3. The molecule has 0 fully saturated rings. The first-order valence-corrected chi connectivity index (χ1v) is 5.32. The maximum Gasteiger partial charge on any atom is 0.194 e. The number of hydrogen-bond acceptors (Lipinski definition) is 1. The molecule has 1 rings (SSSR count). The van der Waals surface area contributed by atoms with Gasteiger partial charge in [0.25, 0.3) is 0 Å². The van der Waals surface area contributed by atoms with E-state index in [1.807, 2.05) is 13.8 Å². The Morgan fingerprint density at radius 1 is 1.06 bits per heavy atom. The third kappa shape index (κ3) is 2.98. The first kappa shape index (κ1) is 13.0. The van der Waals surface area contributed by atoms with Gasteiger partial charge in [0.05, 0.1) is 0 Å². The molecule has 0 radical (unpaired) electrons. The van der Waals surface area contributed by atoms with Gasteiger partial charge in [0.2, 0.25) is 0 Å². The van der Waals surface area contributed by atoms with Crippen molar-refractivity contribution in [2.75, 3.05) is 0 Å². The van der Waals surface area contributed by atoms with Crippen LogP contribution in [0, 0.1) is 23.4 Å². The molecular weight excluding hydrogens is 215 g/mol. The Bertz CT molecular complexity index is 364. The summed E-state index contributed by atoms with van der Waals surface area (Å²) < 4.78 is 39.0. The zero-order valence-corrected chi connectivity index (χ0v) is 9.43. The molecule has 0 aliphatic rings. The second kappa shape index (κ2) is 5.34. The Morgan fingerprint density at radius 2 is 1.69 bits per heavy atom. The minimum atomic E-state index is -1.45. The molecule has 4 heteroatoms. The van der Waals surface area contributed by atoms with Crippen LogP contribution < -0.4 is 5.73 Å². The van der Waals surface area contributed by atoms with Gasteiger partial charge in [0.1, 0.15) is 0 Å². The lowest BCUT2D eigenvalue weighted by Gasteiger charge is -2.14. The number of nitrogens with two attached hydrogens (primary N) is 1. The molecule has 0 aromatic heterocycles. The minimum Gasteiger partial charge on any atom is -0.324 e. The van der Waals surface area contributed by atoms with Gasteiger partial charge in [-0.15, -0.1) is 0 Å². The minimum absolute atomic E-state index is 0.0413. The topological polar surface area (TPSA) is 26.0 Å². The molecule has 0 amide bonds. The van der Waals surface area contributed by atoms with Crippen molar-refractivity contribution >= 4 is 0 Å². The fourth-order valence-corrected chi connectivity index (χ4v) is 1.50. The molecule has 16 heavy (non-hydrogen) atoms. The maximum atomic E-state index is 13.3. The first-order valence-electron chi connectivity index (χ1n) is 5.32. The molecular formula is C12H16F3N. The molecule has 0 saturated carbocycles. The lowest BCUT2D eigenvalue weighted by Crippen LogP contribution is -2.14. The molecule has 2 N–H and O–H groups in total. The van der Waals surface area contributed by atoms with Gasteiger partial charge in [-0.2, -0.15) is 0 Å². The highest BCUT2D eigenvalue weighted by Crippen LogP contribution is 2.24. The van der Waals surface area contributed by atoms with Crippen LogP contribution in [-0.2, 0) is 0 Å². The Kier molecular flexibility index (Phi) is 4.35. The third-order valence-corrected chi connectivity index (χ3v) is 2.52. The Balaban J connectivity index is 2.84. The van der Waals surface area contributed by atoms with E-state index in [9.17, 15) is 13.2 Å². The van der Waals surface area contributed by atoms with Crippen molar-refractivity contribution in [2.24, 2.45) is 11.7 Å².